The number of halogens is 3. The normalized spacial score (nSPS) is 11.7. The van der Waals surface area contributed by atoms with Gasteiger partial charge in [-0.05, 0) is 49.8 Å². The van der Waals surface area contributed by atoms with Crippen LogP contribution in [-0.4, -0.2) is 22.0 Å². The van der Waals surface area contributed by atoms with Gasteiger partial charge in [0.1, 0.15) is 5.69 Å². The van der Waals surface area contributed by atoms with Gasteiger partial charge in [-0.2, -0.15) is 13.2 Å². The highest BCUT2D eigenvalue weighted by molar-refractivity contribution is 6.03. The van der Waals surface area contributed by atoms with E-state index in [9.17, 15) is 22.8 Å². The van der Waals surface area contributed by atoms with E-state index in [1.165, 1.54) is 6.08 Å². The molecule has 1 aromatic carbocycles. The topological polar surface area (TPSA) is 82.2 Å². The highest BCUT2D eigenvalue weighted by Crippen LogP contribution is 2.29. The van der Waals surface area contributed by atoms with Crippen LogP contribution in [0, 0.1) is 13.8 Å². The Hall–Kier alpha value is -3.03. The molecule has 5 nitrogen and oxygen atoms in total. The minimum absolute atomic E-state index is 0.0337. The first-order chi connectivity index (χ1) is 11.6. The molecule has 1 amide bonds. The fourth-order valence-corrected chi connectivity index (χ4v) is 2.20. The van der Waals surface area contributed by atoms with Crippen LogP contribution in [0.3, 0.4) is 0 Å². The number of carboxylic acids is 1. The lowest BCUT2D eigenvalue weighted by atomic mass is 10.1. The summed E-state index contributed by atoms with van der Waals surface area (Å²) in [5, 5.41) is 11.6. The molecule has 0 spiro atoms. The highest BCUT2D eigenvalue weighted by atomic mass is 19.4. The number of hydrogen-bond acceptors (Lipinski definition) is 2. The molecule has 0 radical (unpaired) electrons. The Morgan fingerprint density at radius 1 is 1.16 bits per heavy atom. The molecule has 1 aromatic heterocycles. The van der Waals surface area contributed by atoms with Crippen LogP contribution in [0.25, 0.3) is 6.08 Å². The summed E-state index contributed by atoms with van der Waals surface area (Å²) < 4.78 is 37.5. The van der Waals surface area contributed by atoms with Gasteiger partial charge >= 0.3 is 12.1 Å². The molecule has 132 valence electrons. The first-order valence-electron chi connectivity index (χ1n) is 7.18. The number of carbonyl (C=O) groups is 2. The maximum absolute atomic E-state index is 12.5. The summed E-state index contributed by atoms with van der Waals surface area (Å²) in [5.74, 6) is -1.74. The fourth-order valence-electron chi connectivity index (χ4n) is 2.20. The van der Waals surface area contributed by atoms with E-state index in [1.54, 1.807) is 13.8 Å². The Bertz CT molecular complexity index is 834. The van der Waals surface area contributed by atoms with E-state index < -0.39 is 23.6 Å². The van der Waals surface area contributed by atoms with Crippen molar-refractivity contribution in [1.29, 1.82) is 0 Å². The Morgan fingerprint density at radius 3 is 2.28 bits per heavy atom. The number of alkyl halides is 3. The predicted octanol–water partition coefficient (Wildman–Crippen LogP) is 4.00. The zero-order valence-electron chi connectivity index (χ0n) is 13.4. The fraction of sp³-hybridized carbons (Fsp3) is 0.176. The third-order valence-corrected chi connectivity index (χ3v) is 3.64. The minimum Gasteiger partial charge on any atom is -0.477 e. The van der Waals surface area contributed by atoms with Crippen LogP contribution in [0.1, 0.15) is 32.9 Å². The summed E-state index contributed by atoms with van der Waals surface area (Å²) in [6, 6.07) is 4.01. The van der Waals surface area contributed by atoms with E-state index >= 15 is 0 Å². The zero-order chi connectivity index (χ0) is 18.8. The molecular weight excluding hydrogens is 337 g/mol. The Morgan fingerprint density at radius 2 is 1.76 bits per heavy atom. The Labute approximate surface area is 141 Å². The molecule has 0 aliphatic carbocycles. The molecule has 0 aliphatic rings. The van der Waals surface area contributed by atoms with Gasteiger partial charge in [0, 0.05) is 23.0 Å². The van der Waals surface area contributed by atoms with Crippen LogP contribution in [0.15, 0.2) is 30.3 Å². The van der Waals surface area contributed by atoms with Crippen molar-refractivity contribution in [3.63, 3.8) is 0 Å². The average molecular weight is 352 g/mol. The highest BCUT2D eigenvalue weighted by Gasteiger charge is 2.29. The molecule has 8 heteroatoms. The lowest BCUT2D eigenvalue weighted by Gasteiger charge is -2.07. The molecule has 0 saturated heterocycles. The smallest absolute Gasteiger partial charge is 0.416 e. The first kappa shape index (κ1) is 18.3. The van der Waals surface area contributed by atoms with Crippen molar-refractivity contribution in [3.05, 3.63) is 58.4 Å². The average Bonchev–Trinajstić information content (AvgIpc) is 2.80. The second kappa shape index (κ2) is 6.84. The summed E-state index contributed by atoms with van der Waals surface area (Å²) in [7, 11) is 0. The van der Waals surface area contributed by atoms with Gasteiger partial charge in [-0.15, -0.1) is 0 Å². The van der Waals surface area contributed by atoms with Gasteiger partial charge in [-0.25, -0.2) is 4.79 Å². The molecule has 25 heavy (non-hydrogen) atoms. The number of aromatic nitrogens is 1. The van der Waals surface area contributed by atoms with Crippen molar-refractivity contribution >= 4 is 23.6 Å². The van der Waals surface area contributed by atoms with Crippen molar-refractivity contribution in [2.45, 2.75) is 20.0 Å². The quantitative estimate of drug-likeness (QED) is 0.728. The molecule has 0 unspecified atom stereocenters. The number of hydrogen-bond donors (Lipinski definition) is 3. The molecule has 0 bridgehead atoms. The molecule has 1 heterocycles. The Kier molecular flexibility index (Phi) is 5.01. The van der Waals surface area contributed by atoms with Gasteiger partial charge in [-0.3, -0.25) is 4.79 Å². The molecule has 3 N–H and O–H groups in total. The van der Waals surface area contributed by atoms with Crippen LogP contribution in [0.5, 0.6) is 0 Å². The predicted molar refractivity (Wildman–Crippen MR) is 86.3 cm³/mol. The second-order valence-corrected chi connectivity index (χ2v) is 5.37. The number of aryl methyl sites for hydroxylation is 1. The van der Waals surface area contributed by atoms with Crippen molar-refractivity contribution < 1.29 is 27.9 Å². The Balaban J connectivity index is 2.13. The third kappa shape index (κ3) is 4.28. The maximum Gasteiger partial charge on any atom is 0.416 e. The summed E-state index contributed by atoms with van der Waals surface area (Å²) in [5.41, 5.74) is 1.07. The van der Waals surface area contributed by atoms with Gasteiger partial charge < -0.3 is 15.4 Å². The van der Waals surface area contributed by atoms with E-state index in [0.29, 0.717) is 16.8 Å². The van der Waals surface area contributed by atoms with E-state index in [2.05, 4.69) is 10.3 Å². The molecule has 0 fully saturated rings. The summed E-state index contributed by atoms with van der Waals surface area (Å²) in [4.78, 5) is 25.8. The molecule has 2 aromatic rings. The van der Waals surface area contributed by atoms with Crippen LogP contribution >= 0.6 is 0 Å². The molecular formula is C17H15F3N2O3. The number of nitrogens with one attached hydrogen (secondary N) is 2. The minimum atomic E-state index is -4.45. The lowest BCUT2D eigenvalue weighted by Crippen LogP contribution is -2.09. The second-order valence-electron chi connectivity index (χ2n) is 5.37. The van der Waals surface area contributed by atoms with Gasteiger partial charge in [0.25, 0.3) is 0 Å². The van der Waals surface area contributed by atoms with E-state index in [1.807, 2.05) is 0 Å². The lowest BCUT2D eigenvalue weighted by molar-refractivity contribution is -0.137. The van der Waals surface area contributed by atoms with Crippen LogP contribution in [0.4, 0.5) is 18.9 Å². The number of carbonyl (C=O) groups excluding carboxylic acids is 1. The van der Waals surface area contributed by atoms with Gasteiger partial charge in [0.05, 0.1) is 5.56 Å². The number of rotatable bonds is 4. The van der Waals surface area contributed by atoms with Crippen molar-refractivity contribution in [2.24, 2.45) is 0 Å². The molecule has 2 rings (SSSR count). The maximum atomic E-state index is 12.5. The monoisotopic (exact) mass is 352 g/mol. The van der Waals surface area contributed by atoms with E-state index in [-0.39, 0.29) is 11.4 Å². The summed E-state index contributed by atoms with van der Waals surface area (Å²) in [6.07, 6.45) is -1.97. The number of H-pyrrole nitrogens is 1. The summed E-state index contributed by atoms with van der Waals surface area (Å²) in [6.45, 7) is 3.42. The standard InChI is InChI=1S/C17H15F3N2O3/c1-9-10(2)21-15(16(24)25)13(9)7-8-14(23)22-12-5-3-11(4-6-12)17(18,19)20/h3-8,21H,1-2H3,(H,22,23)(H,24,25)/b8-7+. The van der Waals surface area contributed by atoms with Gasteiger partial charge in [0.15, 0.2) is 0 Å². The molecule has 0 atom stereocenters. The van der Waals surface area contributed by atoms with Gasteiger partial charge in [0.2, 0.25) is 5.91 Å². The molecule has 0 saturated carbocycles. The van der Waals surface area contributed by atoms with Crippen LogP contribution in [-0.2, 0) is 11.0 Å². The number of aromatic amines is 1. The zero-order valence-corrected chi connectivity index (χ0v) is 13.4. The third-order valence-electron chi connectivity index (χ3n) is 3.64. The largest absolute Gasteiger partial charge is 0.477 e. The summed E-state index contributed by atoms with van der Waals surface area (Å²) >= 11 is 0. The van der Waals surface area contributed by atoms with Crippen molar-refractivity contribution in [1.82, 2.24) is 4.98 Å². The molecule has 0 aliphatic heterocycles. The van der Waals surface area contributed by atoms with Crippen LogP contribution < -0.4 is 5.32 Å². The number of anilines is 1. The first-order valence-corrected chi connectivity index (χ1v) is 7.18. The number of amides is 1. The van der Waals surface area contributed by atoms with Crippen molar-refractivity contribution in [2.75, 3.05) is 5.32 Å². The van der Waals surface area contributed by atoms with E-state index in [0.717, 1.165) is 30.3 Å². The van der Waals surface area contributed by atoms with Crippen molar-refractivity contribution in [3.8, 4) is 0 Å². The van der Waals surface area contributed by atoms with Crippen LogP contribution in [0.2, 0.25) is 0 Å². The number of carboxylic acid groups (broad SMARTS) is 1. The number of benzene rings is 1. The number of aromatic carboxylic acids is 1. The van der Waals surface area contributed by atoms with E-state index in [4.69, 9.17) is 5.11 Å². The van der Waals surface area contributed by atoms with Gasteiger partial charge in [-0.1, -0.05) is 0 Å². The SMILES string of the molecule is Cc1[nH]c(C(=O)O)c(/C=C/C(=O)Nc2ccc(C(F)(F)F)cc2)c1C.